The van der Waals surface area contributed by atoms with E-state index in [0.29, 0.717) is 17.1 Å². The molecule has 0 saturated carbocycles. The Bertz CT molecular complexity index is 804. The largest absolute Gasteiger partial charge is 0.493 e. The Hall–Kier alpha value is -2.61. The van der Waals surface area contributed by atoms with Gasteiger partial charge in [0.25, 0.3) is 5.91 Å². The molecule has 0 saturated heterocycles. The molecule has 1 heterocycles. The maximum Gasteiger partial charge on any atom is 0.251 e. The highest BCUT2D eigenvalue weighted by molar-refractivity contribution is 7.11. The molecule has 0 bridgehead atoms. The van der Waals surface area contributed by atoms with Crippen LogP contribution in [0.5, 0.6) is 11.5 Å². The molecule has 2 aromatic rings. The van der Waals surface area contributed by atoms with Crippen LogP contribution in [0, 0.1) is 13.8 Å². The summed E-state index contributed by atoms with van der Waals surface area (Å²) in [5, 5.41) is 6.43. The Balaban J connectivity index is 1.92. The molecule has 0 aliphatic heterocycles. The van der Waals surface area contributed by atoms with E-state index >= 15 is 0 Å². The third-order valence-corrected chi connectivity index (χ3v) is 5.02. The maximum atomic E-state index is 12.2. The molecule has 1 aromatic carbocycles. The molecule has 26 heavy (non-hydrogen) atoms. The number of hydrogen-bond acceptors (Lipinski definition) is 6. The smallest absolute Gasteiger partial charge is 0.251 e. The highest BCUT2D eigenvalue weighted by atomic mass is 32.1. The highest BCUT2D eigenvalue weighted by Gasteiger charge is 2.16. The Kier molecular flexibility index (Phi) is 6.57. The van der Waals surface area contributed by atoms with E-state index in [9.17, 15) is 9.59 Å². The maximum absolute atomic E-state index is 12.2. The molecule has 2 rings (SSSR count). The summed E-state index contributed by atoms with van der Waals surface area (Å²) in [4.78, 5) is 29.7. The quantitative estimate of drug-likeness (QED) is 0.773. The summed E-state index contributed by atoms with van der Waals surface area (Å²) in [6.45, 7) is 5.63. The summed E-state index contributed by atoms with van der Waals surface area (Å²) >= 11 is 1.55. The molecule has 1 atom stereocenters. The lowest BCUT2D eigenvalue weighted by Crippen LogP contribution is -2.38. The average Bonchev–Trinajstić information content (AvgIpc) is 2.97. The van der Waals surface area contributed by atoms with Crippen LogP contribution in [0.25, 0.3) is 0 Å². The van der Waals surface area contributed by atoms with Crippen LogP contribution in [0.2, 0.25) is 0 Å². The second kappa shape index (κ2) is 8.66. The van der Waals surface area contributed by atoms with Gasteiger partial charge in [-0.15, -0.1) is 11.3 Å². The molecule has 2 amide bonds. The number of ether oxygens (including phenoxy) is 2. The zero-order chi connectivity index (χ0) is 19.3. The number of aromatic nitrogens is 1. The summed E-state index contributed by atoms with van der Waals surface area (Å²) in [6, 6.07) is 4.66. The van der Waals surface area contributed by atoms with Crippen molar-refractivity contribution in [1.29, 1.82) is 0 Å². The number of benzene rings is 1. The zero-order valence-corrected chi connectivity index (χ0v) is 16.3. The molecule has 1 aromatic heterocycles. The molecular weight excluding hydrogens is 354 g/mol. The number of thiazole rings is 1. The molecule has 0 spiro atoms. The van der Waals surface area contributed by atoms with Crippen LogP contribution in [-0.4, -0.2) is 37.6 Å². The molecule has 0 radical (unpaired) electrons. The van der Waals surface area contributed by atoms with Crippen molar-refractivity contribution >= 4 is 23.2 Å². The van der Waals surface area contributed by atoms with Crippen molar-refractivity contribution in [3.8, 4) is 11.5 Å². The summed E-state index contributed by atoms with van der Waals surface area (Å²) in [5.41, 5.74) is 1.30. The van der Waals surface area contributed by atoms with E-state index in [-0.39, 0.29) is 24.4 Å². The van der Waals surface area contributed by atoms with Crippen molar-refractivity contribution in [3.63, 3.8) is 0 Å². The molecule has 2 N–H and O–H groups in total. The number of methoxy groups -OCH3 is 2. The number of rotatable bonds is 7. The predicted octanol–water partition coefficient (Wildman–Crippen LogP) is 2.38. The third-order valence-electron chi connectivity index (χ3n) is 3.77. The first-order valence-corrected chi connectivity index (χ1v) is 8.90. The van der Waals surface area contributed by atoms with Gasteiger partial charge in [-0.05, 0) is 39.0 Å². The van der Waals surface area contributed by atoms with Crippen LogP contribution in [0.3, 0.4) is 0 Å². The van der Waals surface area contributed by atoms with Gasteiger partial charge in [0, 0.05) is 10.4 Å². The Morgan fingerprint density at radius 3 is 2.46 bits per heavy atom. The number of aryl methyl sites for hydroxylation is 2. The average molecular weight is 377 g/mol. The number of hydrogen-bond donors (Lipinski definition) is 2. The van der Waals surface area contributed by atoms with Gasteiger partial charge in [0.2, 0.25) is 5.91 Å². The van der Waals surface area contributed by atoms with Crippen molar-refractivity contribution in [2.75, 3.05) is 20.8 Å². The lowest BCUT2D eigenvalue weighted by Gasteiger charge is -2.14. The first-order chi connectivity index (χ1) is 12.3. The molecule has 140 valence electrons. The molecule has 0 fully saturated rings. The van der Waals surface area contributed by atoms with E-state index in [1.54, 1.807) is 29.5 Å². The van der Waals surface area contributed by atoms with Crippen LogP contribution >= 0.6 is 11.3 Å². The van der Waals surface area contributed by atoms with Gasteiger partial charge in [0.15, 0.2) is 11.5 Å². The molecule has 1 unspecified atom stereocenters. The SMILES string of the molecule is COc1ccc(C(=O)NCC(=O)NC(C)c2sc(C)nc2C)cc1OC. The minimum Gasteiger partial charge on any atom is -0.493 e. The van der Waals surface area contributed by atoms with Crippen LogP contribution < -0.4 is 20.1 Å². The lowest BCUT2D eigenvalue weighted by molar-refractivity contribution is -0.120. The van der Waals surface area contributed by atoms with E-state index in [4.69, 9.17) is 9.47 Å². The summed E-state index contributed by atoms with van der Waals surface area (Å²) < 4.78 is 10.3. The monoisotopic (exact) mass is 377 g/mol. The van der Waals surface area contributed by atoms with Crippen LogP contribution in [0.15, 0.2) is 18.2 Å². The lowest BCUT2D eigenvalue weighted by atomic mass is 10.2. The fourth-order valence-corrected chi connectivity index (χ4v) is 3.48. The number of carbonyl (C=O) groups excluding carboxylic acids is 2. The summed E-state index contributed by atoms with van der Waals surface area (Å²) in [5.74, 6) is 0.357. The van der Waals surface area contributed by atoms with Crippen molar-refractivity contribution in [2.45, 2.75) is 26.8 Å². The number of nitrogens with one attached hydrogen (secondary N) is 2. The minimum atomic E-state index is -0.362. The fourth-order valence-electron chi connectivity index (χ4n) is 2.55. The van der Waals surface area contributed by atoms with Crippen LogP contribution in [0.4, 0.5) is 0 Å². The fraction of sp³-hybridized carbons (Fsp3) is 0.389. The third kappa shape index (κ3) is 4.72. The zero-order valence-electron chi connectivity index (χ0n) is 15.5. The van der Waals surface area contributed by atoms with Crippen molar-refractivity contribution in [1.82, 2.24) is 15.6 Å². The molecule has 0 aliphatic rings. The predicted molar refractivity (Wildman–Crippen MR) is 100 cm³/mol. The molecule has 8 heteroatoms. The van der Waals surface area contributed by atoms with Gasteiger partial charge in [-0.25, -0.2) is 4.98 Å². The number of nitrogens with zero attached hydrogens (tertiary/aromatic N) is 1. The van der Waals surface area contributed by atoms with E-state index < -0.39 is 0 Å². The van der Waals surface area contributed by atoms with E-state index in [1.807, 2.05) is 20.8 Å². The van der Waals surface area contributed by atoms with Crippen LogP contribution in [-0.2, 0) is 4.79 Å². The second-order valence-electron chi connectivity index (χ2n) is 5.72. The number of amides is 2. The summed E-state index contributed by atoms with van der Waals surface area (Å²) in [6.07, 6.45) is 0. The Morgan fingerprint density at radius 2 is 1.88 bits per heavy atom. The van der Waals surface area contributed by atoms with E-state index in [1.165, 1.54) is 14.2 Å². The van der Waals surface area contributed by atoms with Gasteiger partial charge in [-0.2, -0.15) is 0 Å². The van der Waals surface area contributed by atoms with Crippen molar-refractivity contribution in [2.24, 2.45) is 0 Å². The number of carbonyl (C=O) groups is 2. The Labute approximate surface area is 156 Å². The first-order valence-electron chi connectivity index (χ1n) is 8.09. The molecule has 0 aliphatic carbocycles. The first kappa shape index (κ1) is 19.7. The van der Waals surface area contributed by atoms with Gasteiger partial charge < -0.3 is 20.1 Å². The molecule has 7 nitrogen and oxygen atoms in total. The standard InChI is InChI=1S/C18H23N3O4S/c1-10-17(26-12(3)20-10)11(2)21-16(22)9-19-18(23)13-6-7-14(24-4)15(8-13)25-5/h6-8,11H,9H2,1-5H3,(H,19,23)(H,21,22). The van der Waals surface area contributed by atoms with E-state index in [0.717, 1.165) is 15.6 Å². The van der Waals surface area contributed by atoms with E-state index in [2.05, 4.69) is 15.6 Å². The second-order valence-corrected chi connectivity index (χ2v) is 6.96. The van der Waals surface area contributed by atoms with Gasteiger partial charge in [0.1, 0.15) is 0 Å². The highest BCUT2D eigenvalue weighted by Crippen LogP contribution is 2.27. The topological polar surface area (TPSA) is 89.5 Å². The van der Waals surface area contributed by atoms with Crippen LogP contribution in [0.1, 0.15) is 38.9 Å². The summed E-state index contributed by atoms with van der Waals surface area (Å²) in [7, 11) is 3.02. The molecular formula is C18H23N3O4S. The van der Waals surface area contributed by atoms with Crippen molar-refractivity contribution in [3.05, 3.63) is 39.3 Å². The van der Waals surface area contributed by atoms with Crippen molar-refractivity contribution < 1.29 is 19.1 Å². The normalized spacial score (nSPS) is 11.6. The van der Waals surface area contributed by atoms with Gasteiger partial charge in [0.05, 0.1) is 37.5 Å². The Morgan fingerprint density at radius 1 is 1.19 bits per heavy atom. The van der Waals surface area contributed by atoms with Gasteiger partial charge >= 0.3 is 0 Å². The minimum absolute atomic E-state index is 0.117. The van der Waals surface area contributed by atoms with Gasteiger partial charge in [-0.3, -0.25) is 9.59 Å². The van der Waals surface area contributed by atoms with Gasteiger partial charge in [-0.1, -0.05) is 0 Å².